The minimum absolute atomic E-state index is 0.0439. The van der Waals surface area contributed by atoms with Gasteiger partial charge in [-0.05, 0) is 37.1 Å². The van der Waals surface area contributed by atoms with Crippen molar-refractivity contribution in [2.24, 2.45) is 7.05 Å². The maximum atomic E-state index is 12.4. The number of amides is 2. The Balaban J connectivity index is 1.48. The molecule has 1 saturated carbocycles. The number of thioether (sulfide) groups is 1. The third-order valence-corrected chi connectivity index (χ3v) is 5.66. The molecule has 1 fully saturated rings. The quantitative estimate of drug-likeness (QED) is 0.588. The normalized spacial score (nSPS) is 15.1. The van der Waals surface area contributed by atoms with Gasteiger partial charge < -0.3 is 15.2 Å². The van der Waals surface area contributed by atoms with Gasteiger partial charge in [-0.2, -0.15) is 0 Å². The van der Waals surface area contributed by atoms with Gasteiger partial charge in [0.05, 0.1) is 5.75 Å². The zero-order chi connectivity index (χ0) is 19.1. The minimum Gasteiger partial charge on any atom is -0.349 e. The lowest BCUT2D eigenvalue weighted by molar-refractivity contribution is -0.113. The molecule has 3 rings (SSSR count). The molecule has 8 heteroatoms. The summed E-state index contributed by atoms with van der Waals surface area (Å²) in [6.07, 6.45) is 8.60. The average Bonchev–Trinajstić information content (AvgIpc) is 2.90. The van der Waals surface area contributed by atoms with Crippen LogP contribution in [0.1, 0.15) is 48.9 Å². The van der Waals surface area contributed by atoms with Crippen LogP contribution in [0.15, 0.2) is 35.7 Å². The average molecular weight is 388 g/mol. The molecule has 0 radical (unpaired) electrons. The van der Waals surface area contributed by atoms with Crippen LogP contribution >= 0.6 is 11.8 Å². The van der Waals surface area contributed by atoms with E-state index in [0.29, 0.717) is 16.4 Å². The molecule has 0 unspecified atom stereocenters. The molecule has 1 aliphatic rings. The molecule has 0 spiro atoms. The molecule has 2 N–H and O–H groups in total. The van der Waals surface area contributed by atoms with Crippen molar-refractivity contribution in [1.82, 2.24) is 20.1 Å². The van der Waals surface area contributed by atoms with Crippen molar-refractivity contribution in [2.75, 3.05) is 11.1 Å². The lowest BCUT2D eigenvalue weighted by Crippen LogP contribution is -2.34. The van der Waals surface area contributed by atoms with Gasteiger partial charge in [0.1, 0.15) is 6.33 Å². The second kappa shape index (κ2) is 9.55. The van der Waals surface area contributed by atoms with Crippen molar-refractivity contribution in [3.63, 3.8) is 0 Å². The number of nitrogens with one attached hydrogen (secondary N) is 2. The molecular formula is C19H25N5O2S. The fourth-order valence-electron chi connectivity index (χ4n) is 3.13. The van der Waals surface area contributed by atoms with Gasteiger partial charge in [0.15, 0.2) is 5.16 Å². The molecule has 1 aromatic heterocycles. The summed E-state index contributed by atoms with van der Waals surface area (Å²) in [6, 6.07) is 7.28. The molecule has 1 aliphatic carbocycles. The predicted octanol–water partition coefficient (Wildman–Crippen LogP) is 3.00. The summed E-state index contributed by atoms with van der Waals surface area (Å²) in [7, 11) is 1.83. The summed E-state index contributed by atoms with van der Waals surface area (Å²) in [4.78, 5) is 24.5. The molecule has 0 atom stereocenters. The van der Waals surface area contributed by atoms with Crippen molar-refractivity contribution in [2.45, 2.75) is 49.7 Å². The lowest BCUT2D eigenvalue weighted by atomic mass is 10.1. The fourth-order valence-corrected chi connectivity index (χ4v) is 3.82. The fraction of sp³-hybridized carbons (Fsp3) is 0.474. The first-order valence-electron chi connectivity index (χ1n) is 9.29. The van der Waals surface area contributed by atoms with Gasteiger partial charge in [0.25, 0.3) is 5.91 Å². The van der Waals surface area contributed by atoms with Gasteiger partial charge in [-0.1, -0.05) is 37.4 Å². The van der Waals surface area contributed by atoms with Crippen LogP contribution < -0.4 is 10.6 Å². The van der Waals surface area contributed by atoms with Crippen LogP contribution in [0, 0.1) is 0 Å². The van der Waals surface area contributed by atoms with Gasteiger partial charge in [-0.3, -0.25) is 9.59 Å². The van der Waals surface area contributed by atoms with Crippen LogP contribution in [-0.2, 0) is 11.8 Å². The second-order valence-electron chi connectivity index (χ2n) is 6.80. The highest BCUT2D eigenvalue weighted by atomic mass is 32.2. The molecule has 2 amide bonds. The molecule has 1 aromatic carbocycles. The van der Waals surface area contributed by atoms with E-state index in [4.69, 9.17) is 0 Å². The monoisotopic (exact) mass is 387 g/mol. The van der Waals surface area contributed by atoms with E-state index >= 15 is 0 Å². The Bertz CT molecular complexity index is 767. The highest BCUT2D eigenvalue weighted by Gasteiger charge is 2.16. The maximum Gasteiger partial charge on any atom is 0.251 e. The zero-order valence-corrected chi connectivity index (χ0v) is 16.3. The maximum absolute atomic E-state index is 12.4. The summed E-state index contributed by atoms with van der Waals surface area (Å²) >= 11 is 1.32. The molecular weight excluding hydrogens is 362 g/mol. The molecule has 0 saturated heterocycles. The number of rotatable bonds is 6. The van der Waals surface area contributed by atoms with E-state index in [1.54, 1.807) is 35.2 Å². The molecule has 0 aliphatic heterocycles. The zero-order valence-electron chi connectivity index (χ0n) is 15.5. The first-order valence-corrected chi connectivity index (χ1v) is 10.3. The van der Waals surface area contributed by atoms with E-state index in [2.05, 4.69) is 20.8 Å². The molecule has 0 bridgehead atoms. The Hall–Kier alpha value is -2.35. The third kappa shape index (κ3) is 5.82. The van der Waals surface area contributed by atoms with Crippen LogP contribution in [0.4, 0.5) is 5.69 Å². The van der Waals surface area contributed by atoms with Crippen LogP contribution in [0.2, 0.25) is 0 Å². The summed E-state index contributed by atoms with van der Waals surface area (Å²) in [5, 5.41) is 14.4. The third-order valence-electron chi connectivity index (χ3n) is 4.62. The number of hydrogen-bond acceptors (Lipinski definition) is 5. The SMILES string of the molecule is Cn1cnnc1SCC(=O)Nc1ccc(C(=O)NC2CCCCCC2)cc1. The summed E-state index contributed by atoms with van der Waals surface area (Å²) < 4.78 is 1.76. The molecule has 27 heavy (non-hydrogen) atoms. The van der Waals surface area contributed by atoms with Crippen LogP contribution in [0.25, 0.3) is 0 Å². The molecule has 144 valence electrons. The Kier molecular flexibility index (Phi) is 6.86. The Labute approximate surface area is 163 Å². The number of hydrogen-bond donors (Lipinski definition) is 2. The Morgan fingerprint density at radius 2 is 1.85 bits per heavy atom. The van der Waals surface area contributed by atoms with Gasteiger partial charge in [-0.25, -0.2) is 0 Å². The van der Waals surface area contributed by atoms with Crippen LogP contribution in [0.5, 0.6) is 0 Å². The standard InChI is InChI=1S/C19H25N5O2S/c1-24-13-20-23-19(24)27-12-17(25)21-16-10-8-14(9-11-16)18(26)22-15-6-4-2-3-5-7-15/h8-11,13,15H,2-7,12H2,1H3,(H,21,25)(H,22,26). The molecule has 7 nitrogen and oxygen atoms in total. The van der Waals surface area contributed by atoms with E-state index in [-0.39, 0.29) is 23.6 Å². The van der Waals surface area contributed by atoms with Crippen LogP contribution in [0.3, 0.4) is 0 Å². The predicted molar refractivity (Wildman–Crippen MR) is 106 cm³/mol. The van der Waals surface area contributed by atoms with E-state index in [0.717, 1.165) is 12.8 Å². The number of benzene rings is 1. The molecule has 1 heterocycles. The molecule has 2 aromatic rings. The Morgan fingerprint density at radius 3 is 2.48 bits per heavy atom. The number of carbonyl (C=O) groups excluding carboxylic acids is 2. The Morgan fingerprint density at radius 1 is 1.15 bits per heavy atom. The van der Waals surface area contributed by atoms with Crippen molar-refractivity contribution < 1.29 is 9.59 Å². The minimum atomic E-state index is -0.126. The van der Waals surface area contributed by atoms with Gasteiger partial charge in [0.2, 0.25) is 5.91 Å². The lowest BCUT2D eigenvalue weighted by Gasteiger charge is -2.16. The van der Waals surface area contributed by atoms with Crippen molar-refractivity contribution in [3.8, 4) is 0 Å². The number of aryl methyl sites for hydroxylation is 1. The first-order chi connectivity index (χ1) is 13.1. The highest BCUT2D eigenvalue weighted by molar-refractivity contribution is 7.99. The largest absolute Gasteiger partial charge is 0.349 e. The number of aromatic nitrogens is 3. The summed E-state index contributed by atoms with van der Waals surface area (Å²) in [5.74, 6) is 0.0764. The summed E-state index contributed by atoms with van der Waals surface area (Å²) in [6.45, 7) is 0. The van der Waals surface area contributed by atoms with Gasteiger partial charge in [0, 0.05) is 24.3 Å². The topological polar surface area (TPSA) is 88.9 Å². The van der Waals surface area contributed by atoms with Gasteiger partial charge >= 0.3 is 0 Å². The van der Waals surface area contributed by atoms with Crippen molar-refractivity contribution >= 4 is 29.3 Å². The van der Waals surface area contributed by atoms with Crippen molar-refractivity contribution in [1.29, 1.82) is 0 Å². The summed E-state index contributed by atoms with van der Waals surface area (Å²) in [5.41, 5.74) is 1.29. The second-order valence-corrected chi connectivity index (χ2v) is 7.74. The number of anilines is 1. The number of nitrogens with zero attached hydrogens (tertiary/aromatic N) is 3. The first kappa shape index (κ1) is 19.4. The number of carbonyl (C=O) groups is 2. The van der Waals surface area contributed by atoms with E-state index in [1.807, 2.05) is 7.05 Å². The van der Waals surface area contributed by atoms with E-state index in [9.17, 15) is 9.59 Å². The highest BCUT2D eigenvalue weighted by Crippen LogP contribution is 2.18. The van der Waals surface area contributed by atoms with Crippen LogP contribution in [-0.4, -0.2) is 38.4 Å². The smallest absolute Gasteiger partial charge is 0.251 e. The van der Waals surface area contributed by atoms with Gasteiger partial charge in [-0.15, -0.1) is 10.2 Å². The van der Waals surface area contributed by atoms with Crippen molar-refractivity contribution in [3.05, 3.63) is 36.2 Å². The van der Waals surface area contributed by atoms with E-state index < -0.39 is 0 Å². The van der Waals surface area contributed by atoms with E-state index in [1.165, 1.54) is 37.4 Å².